The fourth-order valence-corrected chi connectivity index (χ4v) is 2.85. The summed E-state index contributed by atoms with van der Waals surface area (Å²) in [6, 6.07) is 8.67. The molecule has 0 aliphatic rings. The molecule has 17 heavy (non-hydrogen) atoms. The predicted octanol–water partition coefficient (Wildman–Crippen LogP) is 3.15. The number of nitrogens with one attached hydrogen (secondary N) is 1. The van der Waals surface area contributed by atoms with Crippen molar-refractivity contribution in [2.45, 2.75) is 6.54 Å². The summed E-state index contributed by atoms with van der Waals surface area (Å²) in [4.78, 5) is 12.4. The van der Waals surface area contributed by atoms with Gasteiger partial charge >= 0.3 is 0 Å². The van der Waals surface area contributed by atoms with Gasteiger partial charge in [0.05, 0.1) is 0 Å². The molecular weight excluding hydrogens is 302 g/mol. The van der Waals surface area contributed by atoms with Crippen molar-refractivity contribution in [1.29, 1.82) is 0 Å². The number of carbonyl (C=O) groups is 1. The van der Waals surface area contributed by atoms with E-state index in [1.807, 2.05) is 17.5 Å². The molecule has 1 aromatic carbocycles. The number of hydrogen-bond donors (Lipinski definition) is 2. The summed E-state index contributed by atoms with van der Waals surface area (Å²) in [7, 11) is 0. The lowest BCUT2D eigenvalue weighted by atomic mass is 10.2. The van der Waals surface area contributed by atoms with Gasteiger partial charge in [-0.1, -0.05) is 12.1 Å². The number of thiophene rings is 1. The van der Waals surface area contributed by atoms with Crippen LogP contribution in [-0.4, -0.2) is 11.0 Å². The summed E-state index contributed by atoms with van der Waals surface area (Å²) < 4.78 is 0.802. The Morgan fingerprint density at radius 2 is 2.24 bits per heavy atom. The molecule has 0 bridgehead atoms. The Morgan fingerprint density at radius 3 is 2.88 bits per heavy atom. The molecule has 0 atom stereocenters. The van der Waals surface area contributed by atoms with Crippen molar-refractivity contribution in [3.05, 3.63) is 50.6 Å². The second kappa shape index (κ2) is 5.33. The first kappa shape index (κ1) is 12.1. The summed E-state index contributed by atoms with van der Waals surface area (Å²) in [6.07, 6.45) is 0. The molecule has 0 saturated heterocycles. The number of carbonyl (C=O) groups excluding carboxylic acids is 1. The first-order chi connectivity index (χ1) is 8.16. The topological polar surface area (TPSA) is 49.3 Å². The molecule has 0 aliphatic carbocycles. The molecule has 88 valence electrons. The normalized spacial score (nSPS) is 10.2. The molecule has 1 amide bonds. The third kappa shape index (κ3) is 3.08. The maximum Gasteiger partial charge on any atom is 0.262 e. The molecule has 2 rings (SSSR count). The van der Waals surface area contributed by atoms with E-state index in [4.69, 9.17) is 0 Å². The van der Waals surface area contributed by atoms with E-state index in [1.165, 1.54) is 11.3 Å². The monoisotopic (exact) mass is 311 g/mol. The second-order valence-corrected chi connectivity index (χ2v) is 5.22. The number of phenolic OH excluding ortho intramolecular Hbond substituents is 1. The quantitative estimate of drug-likeness (QED) is 0.915. The van der Waals surface area contributed by atoms with Crippen molar-refractivity contribution in [2.75, 3.05) is 0 Å². The Morgan fingerprint density at radius 1 is 1.41 bits per heavy atom. The van der Waals surface area contributed by atoms with Crippen LogP contribution >= 0.6 is 27.3 Å². The Labute approximate surface area is 111 Å². The standard InChI is InChI=1S/C12H10BrNO2S/c13-10-4-5-17-11(10)12(16)14-7-8-2-1-3-9(15)6-8/h1-6,15H,7H2,(H,14,16). The van der Waals surface area contributed by atoms with Crippen molar-refractivity contribution in [3.8, 4) is 5.75 Å². The van der Waals surface area contributed by atoms with E-state index in [9.17, 15) is 9.90 Å². The molecular formula is C12H10BrNO2S. The van der Waals surface area contributed by atoms with Crippen LogP contribution in [0, 0.1) is 0 Å². The first-order valence-electron chi connectivity index (χ1n) is 4.96. The number of aromatic hydroxyl groups is 1. The number of halogens is 1. The van der Waals surface area contributed by atoms with Crippen LogP contribution in [0.2, 0.25) is 0 Å². The Hall–Kier alpha value is -1.33. The van der Waals surface area contributed by atoms with Crippen molar-refractivity contribution in [1.82, 2.24) is 5.32 Å². The van der Waals surface area contributed by atoms with Gasteiger partial charge in [0, 0.05) is 11.0 Å². The summed E-state index contributed by atoms with van der Waals surface area (Å²) in [5.74, 6) is 0.0873. The van der Waals surface area contributed by atoms with Crippen LogP contribution in [0.25, 0.3) is 0 Å². The highest BCUT2D eigenvalue weighted by Gasteiger charge is 2.10. The third-order valence-electron chi connectivity index (χ3n) is 2.19. The number of hydrogen-bond acceptors (Lipinski definition) is 3. The van der Waals surface area contributed by atoms with Gasteiger partial charge in [0.15, 0.2) is 0 Å². The van der Waals surface area contributed by atoms with Crippen molar-refractivity contribution in [2.24, 2.45) is 0 Å². The van der Waals surface area contributed by atoms with E-state index in [2.05, 4.69) is 21.2 Å². The predicted molar refractivity (Wildman–Crippen MR) is 71.3 cm³/mol. The maximum absolute atomic E-state index is 11.8. The Bertz CT molecular complexity index is 539. The Kier molecular flexibility index (Phi) is 3.81. The van der Waals surface area contributed by atoms with Gasteiger partial charge in [-0.3, -0.25) is 4.79 Å². The molecule has 3 nitrogen and oxygen atoms in total. The minimum Gasteiger partial charge on any atom is -0.508 e. The van der Waals surface area contributed by atoms with Crippen LogP contribution in [0.5, 0.6) is 5.75 Å². The highest BCUT2D eigenvalue weighted by molar-refractivity contribution is 9.10. The Balaban J connectivity index is 1.99. The van der Waals surface area contributed by atoms with Gasteiger partial charge in [-0.15, -0.1) is 11.3 Å². The van der Waals surface area contributed by atoms with Crippen molar-refractivity contribution in [3.63, 3.8) is 0 Å². The summed E-state index contributed by atoms with van der Waals surface area (Å²) in [6.45, 7) is 0.400. The fourth-order valence-electron chi connectivity index (χ4n) is 1.38. The molecule has 1 heterocycles. The molecule has 0 spiro atoms. The lowest BCUT2D eigenvalue weighted by Gasteiger charge is -2.04. The molecule has 0 radical (unpaired) electrons. The lowest BCUT2D eigenvalue weighted by Crippen LogP contribution is -2.22. The van der Waals surface area contributed by atoms with E-state index >= 15 is 0 Å². The van der Waals surface area contributed by atoms with Gasteiger partial charge in [0.1, 0.15) is 10.6 Å². The third-order valence-corrected chi connectivity index (χ3v) is 4.02. The number of phenols is 1. The van der Waals surface area contributed by atoms with Crippen molar-refractivity contribution >= 4 is 33.2 Å². The van der Waals surface area contributed by atoms with Gasteiger partial charge in [-0.05, 0) is 45.1 Å². The summed E-state index contributed by atoms with van der Waals surface area (Å²) >= 11 is 4.70. The van der Waals surface area contributed by atoms with Crippen LogP contribution in [0.15, 0.2) is 40.2 Å². The van der Waals surface area contributed by atoms with Crippen LogP contribution in [0.1, 0.15) is 15.2 Å². The van der Waals surface area contributed by atoms with E-state index in [0.717, 1.165) is 10.0 Å². The van der Waals surface area contributed by atoms with Crippen LogP contribution in [0.3, 0.4) is 0 Å². The largest absolute Gasteiger partial charge is 0.508 e. The SMILES string of the molecule is O=C(NCc1cccc(O)c1)c1sccc1Br. The van der Waals surface area contributed by atoms with Gasteiger partial charge in [-0.2, -0.15) is 0 Å². The van der Waals surface area contributed by atoms with Gasteiger partial charge in [0.25, 0.3) is 5.91 Å². The maximum atomic E-state index is 11.8. The van der Waals surface area contributed by atoms with Crippen molar-refractivity contribution < 1.29 is 9.90 Å². The molecule has 1 aromatic heterocycles. The van der Waals surface area contributed by atoms with Gasteiger partial charge in [-0.25, -0.2) is 0 Å². The first-order valence-corrected chi connectivity index (χ1v) is 6.63. The molecule has 0 aliphatic heterocycles. The van der Waals surface area contributed by atoms with Gasteiger partial charge < -0.3 is 10.4 Å². The zero-order valence-corrected chi connectivity index (χ0v) is 11.2. The molecule has 0 unspecified atom stereocenters. The van der Waals surface area contributed by atoms with E-state index in [-0.39, 0.29) is 11.7 Å². The zero-order chi connectivity index (χ0) is 12.3. The van der Waals surface area contributed by atoms with E-state index in [0.29, 0.717) is 11.4 Å². The van der Waals surface area contributed by atoms with Crippen LogP contribution < -0.4 is 5.32 Å². The number of amides is 1. The minimum atomic E-state index is -0.116. The average Bonchev–Trinajstić information content (AvgIpc) is 2.72. The summed E-state index contributed by atoms with van der Waals surface area (Å²) in [5, 5.41) is 13.9. The fraction of sp³-hybridized carbons (Fsp3) is 0.0833. The van der Waals surface area contributed by atoms with E-state index < -0.39 is 0 Å². The molecule has 0 saturated carbocycles. The molecule has 5 heteroatoms. The smallest absolute Gasteiger partial charge is 0.262 e. The summed E-state index contributed by atoms with van der Waals surface area (Å²) in [5.41, 5.74) is 0.867. The van der Waals surface area contributed by atoms with Gasteiger partial charge in [0.2, 0.25) is 0 Å². The minimum absolute atomic E-state index is 0.116. The second-order valence-electron chi connectivity index (χ2n) is 3.45. The number of benzene rings is 1. The molecule has 0 fully saturated rings. The highest BCUT2D eigenvalue weighted by Crippen LogP contribution is 2.22. The molecule has 2 N–H and O–H groups in total. The van der Waals surface area contributed by atoms with E-state index in [1.54, 1.807) is 18.2 Å². The lowest BCUT2D eigenvalue weighted by molar-refractivity contribution is 0.0954. The highest BCUT2D eigenvalue weighted by atomic mass is 79.9. The number of rotatable bonds is 3. The molecule has 2 aromatic rings. The van der Waals surface area contributed by atoms with Crippen LogP contribution in [-0.2, 0) is 6.54 Å². The zero-order valence-electron chi connectivity index (χ0n) is 8.81. The van der Waals surface area contributed by atoms with Crippen LogP contribution in [0.4, 0.5) is 0 Å². The average molecular weight is 312 g/mol.